The minimum atomic E-state index is 0.286. The summed E-state index contributed by atoms with van der Waals surface area (Å²) >= 11 is 0. The third kappa shape index (κ3) is 2.98. The van der Waals surface area contributed by atoms with Crippen molar-refractivity contribution in [3.05, 3.63) is 48.3 Å². The minimum Gasteiger partial charge on any atom is -0.306 e. The molecule has 0 amide bonds. The number of hydrogen-bond donors (Lipinski definition) is 0. The average molecular weight is 443 g/mol. The van der Waals surface area contributed by atoms with Crippen LogP contribution in [-0.2, 0) is 0 Å². The molecule has 7 atom stereocenters. The van der Waals surface area contributed by atoms with Crippen LogP contribution in [0.25, 0.3) is 16.3 Å². The van der Waals surface area contributed by atoms with Gasteiger partial charge in [0.1, 0.15) is 0 Å². The lowest BCUT2D eigenvalue weighted by Crippen LogP contribution is -2.58. The van der Waals surface area contributed by atoms with E-state index < -0.39 is 0 Å². The van der Waals surface area contributed by atoms with Crippen LogP contribution in [0.2, 0.25) is 0 Å². The first kappa shape index (κ1) is 21.8. The Balaban J connectivity index is 1.32. The predicted molar refractivity (Wildman–Crippen MR) is 139 cm³/mol. The van der Waals surface area contributed by atoms with Gasteiger partial charge in [-0.2, -0.15) is 0 Å². The van der Waals surface area contributed by atoms with E-state index in [0.29, 0.717) is 10.8 Å². The Kier molecular flexibility index (Phi) is 4.90. The summed E-state index contributed by atoms with van der Waals surface area (Å²) in [6.45, 7) is 7.99. The van der Waals surface area contributed by atoms with E-state index in [2.05, 4.69) is 75.1 Å². The van der Waals surface area contributed by atoms with Crippen LogP contribution in [0.4, 0.5) is 0 Å². The molecular formula is C31H42N2. The Bertz CT molecular complexity index is 1100. The number of fused-ring (bicyclic) bond motifs is 6. The molecule has 2 nitrogen and oxygen atoms in total. The zero-order chi connectivity index (χ0) is 23.0. The molecule has 1 heterocycles. The number of allylic oxidation sites excluding steroid dienone is 2. The minimum absolute atomic E-state index is 0.286. The third-order valence-corrected chi connectivity index (χ3v) is 11.7. The molecule has 0 aliphatic heterocycles. The summed E-state index contributed by atoms with van der Waals surface area (Å²) < 4.78 is 0. The van der Waals surface area contributed by atoms with Crippen LogP contribution in [0, 0.1) is 34.0 Å². The molecule has 4 aliphatic rings. The SMILES string of the molecule is CN(C)[C@H]1CC[C@@]2(C)C(CC[C@@H]3C2CC[C@]2(C)C(c4ccc5ccncc5c4)=CC[C@@]32C)C1. The van der Waals surface area contributed by atoms with Gasteiger partial charge in [-0.05, 0) is 128 Å². The molecule has 2 heteroatoms. The molecule has 2 aromatic rings. The van der Waals surface area contributed by atoms with E-state index in [-0.39, 0.29) is 5.41 Å². The maximum atomic E-state index is 4.39. The molecule has 0 bridgehead atoms. The topological polar surface area (TPSA) is 16.1 Å². The first-order valence-electron chi connectivity index (χ1n) is 13.5. The van der Waals surface area contributed by atoms with Crippen molar-refractivity contribution < 1.29 is 0 Å². The van der Waals surface area contributed by atoms with Crippen LogP contribution in [0.5, 0.6) is 0 Å². The van der Waals surface area contributed by atoms with Crippen LogP contribution >= 0.6 is 0 Å². The van der Waals surface area contributed by atoms with Crippen molar-refractivity contribution in [3.8, 4) is 0 Å². The summed E-state index contributed by atoms with van der Waals surface area (Å²) in [5.41, 5.74) is 4.29. The Morgan fingerprint density at radius 1 is 0.909 bits per heavy atom. The van der Waals surface area contributed by atoms with Gasteiger partial charge in [-0.3, -0.25) is 4.98 Å². The molecule has 3 fully saturated rings. The Hall–Kier alpha value is -1.67. The molecule has 1 aromatic heterocycles. The summed E-state index contributed by atoms with van der Waals surface area (Å²) in [7, 11) is 4.58. The van der Waals surface area contributed by atoms with E-state index in [4.69, 9.17) is 0 Å². The van der Waals surface area contributed by atoms with Crippen molar-refractivity contribution in [3.63, 3.8) is 0 Å². The number of aromatic nitrogens is 1. The normalized spacial score (nSPS) is 42.5. The monoisotopic (exact) mass is 442 g/mol. The molecule has 33 heavy (non-hydrogen) atoms. The largest absolute Gasteiger partial charge is 0.306 e. The summed E-state index contributed by atoms with van der Waals surface area (Å²) in [4.78, 5) is 6.88. The maximum absolute atomic E-state index is 4.39. The van der Waals surface area contributed by atoms with Crippen molar-refractivity contribution >= 4 is 16.3 Å². The van der Waals surface area contributed by atoms with Crippen molar-refractivity contribution in [2.45, 2.75) is 78.2 Å². The van der Waals surface area contributed by atoms with E-state index in [9.17, 15) is 0 Å². The summed E-state index contributed by atoms with van der Waals surface area (Å²) in [6, 6.07) is 10.00. The zero-order valence-corrected chi connectivity index (χ0v) is 21.4. The summed E-state index contributed by atoms with van der Waals surface area (Å²) in [5.74, 6) is 2.70. The average Bonchev–Trinajstić information content (AvgIpc) is 3.09. The Labute approximate surface area is 200 Å². The van der Waals surface area contributed by atoms with Crippen LogP contribution in [-0.4, -0.2) is 30.0 Å². The highest BCUT2D eigenvalue weighted by Crippen LogP contribution is 2.72. The highest BCUT2D eigenvalue weighted by atomic mass is 15.1. The molecule has 1 aromatic carbocycles. The van der Waals surface area contributed by atoms with Gasteiger partial charge >= 0.3 is 0 Å². The second kappa shape index (κ2) is 7.41. The second-order valence-electron chi connectivity index (χ2n) is 12.9. The van der Waals surface area contributed by atoms with Gasteiger partial charge in [0.15, 0.2) is 0 Å². The van der Waals surface area contributed by atoms with Gasteiger partial charge in [0.05, 0.1) is 0 Å². The molecule has 0 spiro atoms. The number of rotatable bonds is 2. The molecule has 0 saturated heterocycles. The van der Waals surface area contributed by atoms with Gasteiger partial charge in [0.25, 0.3) is 0 Å². The molecular weight excluding hydrogens is 400 g/mol. The van der Waals surface area contributed by atoms with Crippen molar-refractivity contribution in [2.24, 2.45) is 34.0 Å². The van der Waals surface area contributed by atoms with E-state index in [1.165, 1.54) is 67.7 Å². The summed E-state index contributed by atoms with van der Waals surface area (Å²) in [5, 5.41) is 2.57. The first-order valence-corrected chi connectivity index (χ1v) is 13.5. The molecule has 3 saturated carbocycles. The van der Waals surface area contributed by atoms with Crippen molar-refractivity contribution in [2.75, 3.05) is 14.1 Å². The highest BCUT2D eigenvalue weighted by Gasteiger charge is 2.63. The smallest absolute Gasteiger partial charge is 0.0346 e. The standard InChI is InChI=1S/C31H42N2/c1-29-14-10-25(33(4)5)19-24(29)8-9-28-27(29)12-16-30(2)26(11-15-31(28,30)3)22-7-6-21-13-17-32-20-23(21)18-22/h6-7,11,13,17-18,20,24-25,27-28H,8-10,12,14-16,19H2,1-5H3/t24?,25-,27?,28+,29-,30+,31-/m0/s1. The van der Waals surface area contributed by atoms with E-state index >= 15 is 0 Å². The number of nitrogens with zero attached hydrogens (tertiary/aromatic N) is 2. The van der Waals surface area contributed by atoms with Gasteiger partial charge in [0.2, 0.25) is 0 Å². The fourth-order valence-electron chi connectivity index (χ4n) is 9.32. The highest BCUT2D eigenvalue weighted by molar-refractivity contribution is 5.87. The van der Waals surface area contributed by atoms with Crippen LogP contribution in [0.15, 0.2) is 42.7 Å². The Morgan fingerprint density at radius 3 is 2.58 bits per heavy atom. The van der Waals surface area contributed by atoms with Crippen LogP contribution in [0.1, 0.15) is 77.7 Å². The molecule has 4 aliphatic carbocycles. The van der Waals surface area contributed by atoms with Crippen LogP contribution in [0.3, 0.4) is 0 Å². The number of pyridine rings is 1. The number of benzene rings is 1. The van der Waals surface area contributed by atoms with Gasteiger partial charge in [-0.25, -0.2) is 0 Å². The maximum Gasteiger partial charge on any atom is 0.0346 e. The second-order valence-corrected chi connectivity index (χ2v) is 12.9. The van der Waals surface area contributed by atoms with E-state index in [0.717, 1.165) is 23.8 Å². The molecule has 176 valence electrons. The summed E-state index contributed by atoms with van der Waals surface area (Å²) in [6.07, 6.45) is 17.7. The van der Waals surface area contributed by atoms with Crippen molar-refractivity contribution in [1.82, 2.24) is 9.88 Å². The zero-order valence-electron chi connectivity index (χ0n) is 21.4. The number of hydrogen-bond acceptors (Lipinski definition) is 2. The van der Waals surface area contributed by atoms with Gasteiger partial charge < -0.3 is 4.90 Å². The molecule has 6 rings (SSSR count). The van der Waals surface area contributed by atoms with Crippen LogP contribution < -0.4 is 0 Å². The predicted octanol–water partition coefficient (Wildman–Crippen LogP) is 7.59. The van der Waals surface area contributed by atoms with E-state index in [1.807, 2.05) is 12.4 Å². The third-order valence-electron chi connectivity index (χ3n) is 11.7. The molecule has 2 unspecified atom stereocenters. The quantitative estimate of drug-likeness (QED) is 0.476. The van der Waals surface area contributed by atoms with Crippen molar-refractivity contribution in [1.29, 1.82) is 0 Å². The first-order chi connectivity index (χ1) is 15.8. The fourth-order valence-corrected chi connectivity index (χ4v) is 9.32. The molecule has 0 N–H and O–H groups in total. The fraction of sp³-hybridized carbons (Fsp3) is 0.645. The van der Waals surface area contributed by atoms with Gasteiger partial charge in [-0.1, -0.05) is 39.0 Å². The lowest BCUT2D eigenvalue weighted by Gasteiger charge is -2.65. The van der Waals surface area contributed by atoms with E-state index in [1.54, 1.807) is 5.57 Å². The van der Waals surface area contributed by atoms with Gasteiger partial charge in [-0.15, -0.1) is 0 Å². The lowest BCUT2D eigenvalue weighted by molar-refractivity contribution is -0.140. The Morgan fingerprint density at radius 2 is 1.76 bits per heavy atom. The van der Waals surface area contributed by atoms with Gasteiger partial charge in [0, 0.05) is 23.8 Å². The molecule has 0 radical (unpaired) electrons. The lowest BCUT2D eigenvalue weighted by atomic mass is 9.40.